The third kappa shape index (κ3) is 5.87. The Morgan fingerprint density at radius 2 is 2.11 bits per heavy atom. The van der Waals surface area contributed by atoms with Crippen LogP contribution in [0.2, 0.25) is 0 Å². The summed E-state index contributed by atoms with van der Waals surface area (Å²) in [5.74, 6) is -0.146. The van der Waals surface area contributed by atoms with Gasteiger partial charge < -0.3 is 19.7 Å². The first-order valence-corrected chi connectivity index (χ1v) is 9.86. The van der Waals surface area contributed by atoms with Gasteiger partial charge in [0.1, 0.15) is 11.6 Å². The third-order valence-corrected chi connectivity index (χ3v) is 5.03. The Morgan fingerprint density at radius 3 is 2.81 bits per heavy atom. The number of nitrogens with one attached hydrogen (secondary N) is 1. The van der Waals surface area contributed by atoms with Gasteiger partial charge in [0.25, 0.3) is 0 Å². The second kappa shape index (κ2) is 9.99. The molecular weight excluding hydrogens is 352 g/mol. The molecule has 0 aliphatic carbocycles. The van der Waals surface area contributed by atoms with Crippen molar-refractivity contribution in [3.63, 3.8) is 0 Å². The normalized spacial score (nSPS) is 21.7. The molecule has 1 atom stereocenters. The number of guanidine groups is 1. The molecule has 2 heterocycles. The zero-order valence-electron chi connectivity index (χ0n) is 15.9. The van der Waals surface area contributed by atoms with Gasteiger partial charge in [-0.25, -0.2) is 13.8 Å². The molecule has 150 valence electrons. The molecule has 0 saturated carbocycles. The summed E-state index contributed by atoms with van der Waals surface area (Å²) in [7, 11) is 0. The summed E-state index contributed by atoms with van der Waals surface area (Å²) in [5.41, 5.74) is 0.264. The number of likely N-dealkylation sites (tertiary alicyclic amines) is 1. The lowest BCUT2D eigenvalue weighted by molar-refractivity contribution is -0.0367. The Kier molecular flexibility index (Phi) is 7.41. The van der Waals surface area contributed by atoms with Crippen LogP contribution in [0.25, 0.3) is 0 Å². The molecule has 0 radical (unpaired) electrons. The molecule has 2 fully saturated rings. The van der Waals surface area contributed by atoms with E-state index in [9.17, 15) is 8.78 Å². The van der Waals surface area contributed by atoms with Gasteiger partial charge in [0, 0.05) is 31.8 Å². The number of hydrogen-bond donors (Lipinski definition) is 1. The van der Waals surface area contributed by atoms with Gasteiger partial charge in [-0.3, -0.25) is 0 Å². The van der Waals surface area contributed by atoms with Crippen LogP contribution in [0.5, 0.6) is 0 Å². The van der Waals surface area contributed by atoms with E-state index in [-0.39, 0.29) is 24.3 Å². The van der Waals surface area contributed by atoms with Crippen molar-refractivity contribution in [1.82, 2.24) is 10.2 Å². The molecule has 2 aliphatic rings. The molecule has 1 N–H and O–H groups in total. The van der Waals surface area contributed by atoms with E-state index in [1.54, 1.807) is 0 Å². The molecule has 0 bridgehead atoms. The highest BCUT2D eigenvalue weighted by atomic mass is 19.1. The van der Waals surface area contributed by atoms with Crippen LogP contribution in [0.15, 0.2) is 23.2 Å². The minimum absolute atomic E-state index is 0.112. The Hall–Kier alpha value is -1.73. The van der Waals surface area contributed by atoms with Gasteiger partial charge in [-0.1, -0.05) is 0 Å². The summed E-state index contributed by atoms with van der Waals surface area (Å²) in [6.07, 6.45) is 4.56. The molecule has 0 spiro atoms. The van der Waals surface area contributed by atoms with Gasteiger partial charge in [-0.05, 0) is 50.8 Å². The van der Waals surface area contributed by atoms with E-state index in [0.717, 1.165) is 70.0 Å². The molecular formula is C20H29F2N3O2. The molecule has 3 rings (SSSR count). The SMILES string of the molecule is CCNC(=NCc1cc(F)ccc1F)N1CCC(OCC2CCCO2)CC1. The largest absolute Gasteiger partial charge is 0.376 e. The molecule has 2 aliphatic heterocycles. The molecule has 1 unspecified atom stereocenters. The number of halogens is 2. The lowest BCUT2D eigenvalue weighted by Crippen LogP contribution is -2.47. The van der Waals surface area contributed by atoms with Gasteiger partial charge in [0.15, 0.2) is 5.96 Å². The average molecular weight is 381 g/mol. The van der Waals surface area contributed by atoms with Crippen LogP contribution in [0.1, 0.15) is 38.2 Å². The van der Waals surface area contributed by atoms with Crippen molar-refractivity contribution in [2.24, 2.45) is 4.99 Å². The summed E-state index contributed by atoms with van der Waals surface area (Å²) in [4.78, 5) is 6.67. The highest BCUT2D eigenvalue weighted by molar-refractivity contribution is 5.80. The van der Waals surface area contributed by atoms with E-state index in [2.05, 4.69) is 15.2 Å². The topological polar surface area (TPSA) is 46.1 Å². The van der Waals surface area contributed by atoms with Gasteiger partial charge in [-0.2, -0.15) is 0 Å². The van der Waals surface area contributed by atoms with E-state index >= 15 is 0 Å². The smallest absolute Gasteiger partial charge is 0.194 e. The van der Waals surface area contributed by atoms with E-state index in [4.69, 9.17) is 9.47 Å². The fourth-order valence-corrected chi connectivity index (χ4v) is 3.50. The van der Waals surface area contributed by atoms with Crippen LogP contribution < -0.4 is 5.32 Å². The number of aliphatic imine (C=N–C) groups is 1. The van der Waals surface area contributed by atoms with Crippen molar-refractivity contribution in [2.45, 2.75) is 51.4 Å². The van der Waals surface area contributed by atoms with Gasteiger partial charge in [0.05, 0.1) is 25.4 Å². The maximum atomic E-state index is 13.8. The number of nitrogens with zero attached hydrogens (tertiary/aromatic N) is 2. The number of rotatable bonds is 6. The Bertz CT molecular complexity index is 628. The lowest BCUT2D eigenvalue weighted by Gasteiger charge is -2.34. The molecule has 27 heavy (non-hydrogen) atoms. The number of piperidine rings is 1. The summed E-state index contributed by atoms with van der Waals surface area (Å²) < 4.78 is 38.8. The first-order valence-electron chi connectivity index (χ1n) is 9.86. The monoisotopic (exact) mass is 381 g/mol. The molecule has 0 amide bonds. The number of benzene rings is 1. The zero-order valence-corrected chi connectivity index (χ0v) is 15.9. The highest BCUT2D eigenvalue weighted by Gasteiger charge is 2.24. The van der Waals surface area contributed by atoms with Crippen molar-refractivity contribution < 1.29 is 18.3 Å². The van der Waals surface area contributed by atoms with Crippen LogP contribution in [0.3, 0.4) is 0 Å². The predicted octanol–water partition coefficient (Wildman–Crippen LogP) is 3.09. The van der Waals surface area contributed by atoms with Crippen molar-refractivity contribution in [1.29, 1.82) is 0 Å². The molecule has 2 saturated heterocycles. The first kappa shape index (κ1) is 20.0. The van der Waals surface area contributed by atoms with Crippen LogP contribution in [0.4, 0.5) is 8.78 Å². The third-order valence-electron chi connectivity index (χ3n) is 5.03. The van der Waals surface area contributed by atoms with Crippen LogP contribution in [-0.4, -0.2) is 55.9 Å². The standard InChI is InChI=1S/C20H29F2N3O2/c1-2-23-20(24-13-15-12-16(21)5-6-19(15)22)25-9-7-17(8-10-25)27-14-18-4-3-11-26-18/h5-6,12,17-18H,2-4,7-11,13-14H2,1H3,(H,23,24). The summed E-state index contributed by atoms with van der Waals surface area (Å²) >= 11 is 0. The first-order chi connectivity index (χ1) is 13.2. The van der Waals surface area contributed by atoms with Crippen molar-refractivity contribution >= 4 is 5.96 Å². The van der Waals surface area contributed by atoms with Crippen LogP contribution >= 0.6 is 0 Å². The predicted molar refractivity (Wildman–Crippen MR) is 101 cm³/mol. The summed E-state index contributed by atoms with van der Waals surface area (Å²) in [6.45, 7) is 6.01. The van der Waals surface area contributed by atoms with Gasteiger partial charge in [0.2, 0.25) is 0 Å². The quantitative estimate of drug-likeness (QED) is 0.608. The van der Waals surface area contributed by atoms with Crippen molar-refractivity contribution in [3.05, 3.63) is 35.4 Å². The van der Waals surface area contributed by atoms with E-state index in [0.29, 0.717) is 6.61 Å². The minimum Gasteiger partial charge on any atom is -0.376 e. The van der Waals surface area contributed by atoms with Crippen molar-refractivity contribution in [3.8, 4) is 0 Å². The maximum Gasteiger partial charge on any atom is 0.194 e. The minimum atomic E-state index is -0.448. The zero-order chi connectivity index (χ0) is 19.1. The van der Waals surface area contributed by atoms with Crippen molar-refractivity contribution in [2.75, 3.05) is 32.8 Å². The Morgan fingerprint density at radius 1 is 1.30 bits per heavy atom. The fourth-order valence-electron chi connectivity index (χ4n) is 3.50. The molecule has 1 aromatic rings. The molecule has 5 nitrogen and oxygen atoms in total. The lowest BCUT2D eigenvalue weighted by atomic mass is 10.1. The number of ether oxygens (including phenoxy) is 2. The average Bonchev–Trinajstić information content (AvgIpc) is 3.20. The van der Waals surface area contributed by atoms with E-state index in [1.807, 2.05) is 6.92 Å². The maximum absolute atomic E-state index is 13.8. The molecule has 0 aromatic heterocycles. The summed E-state index contributed by atoms with van der Waals surface area (Å²) in [6, 6.07) is 3.46. The van der Waals surface area contributed by atoms with Gasteiger partial charge in [-0.15, -0.1) is 0 Å². The van der Waals surface area contributed by atoms with E-state index < -0.39 is 11.6 Å². The van der Waals surface area contributed by atoms with Gasteiger partial charge >= 0.3 is 0 Å². The second-order valence-corrected chi connectivity index (χ2v) is 7.06. The molecule has 7 heteroatoms. The fraction of sp³-hybridized carbons (Fsp3) is 0.650. The Balaban J connectivity index is 1.51. The van der Waals surface area contributed by atoms with Crippen LogP contribution in [-0.2, 0) is 16.0 Å². The number of hydrogen-bond acceptors (Lipinski definition) is 3. The van der Waals surface area contributed by atoms with Crippen LogP contribution in [0, 0.1) is 11.6 Å². The second-order valence-electron chi connectivity index (χ2n) is 7.06. The highest BCUT2D eigenvalue weighted by Crippen LogP contribution is 2.18. The summed E-state index contributed by atoms with van der Waals surface area (Å²) in [5, 5.41) is 3.25. The van der Waals surface area contributed by atoms with E-state index in [1.165, 1.54) is 6.07 Å². The Labute approximate surface area is 159 Å². The molecule has 1 aromatic carbocycles.